The molecule has 2 rings (SSSR count). The first-order chi connectivity index (χ1) is 6.75. The standard InChI is InChI=1S/C9H9N5/c10-7-5-8(11)14-9(13-7)6-3-1-2-4-12-6/h1-5H,(H4,10,11,13,14). The Hall–Kier alpha value is -2.17. The molecule has 0 radical (unpaired) electrons. The summed E-state index contributed by atoms with van der Waals surface area (Å²) in [6, 6.07) is 6.98. The molecule has 0 spiro atoms. The molecule has 0 saturated carbocycles. The van der Waals surface area contributed by atoms with Gasteiger partial charge in [0.05, 0.1) is 0 Å². The smallest absolute Gasteiger partial charge is 0.182 e. The lowest BCUT2D eigenvalue weighted by molar-refractivity contribution is 1.15. The molecule has 0 aliphatic carbocycles. The van der Waals surface area contributed by atoms with Gasteiger partial charge in [0.2, 0.25) is 0 Å². The van der Waals surface area contributed by atoms with Gasteiger partial charge in [0.1, 0.15) is 17.3 Å². The number of rotatable bonds is 1. The Kier molecular flexibility index (Phi) is 1.98. The average molecular weight is 187 g/mol. The van der Waals surface area contributed by atoms with Crippen LogP contribution in [0.2, 0.25) is 0 Å². The first-order valence-electron chi connectivity index (χ1n) is 4.07. The van der Waals surface area contributed by atoms with Gasteiger partial charge in [-0.2, -0.15) is 0 Å². The van der Waals surface area contributed by atoms with Crippen LogP contribution in [0, 0.1) is 0 Å². The van der Waals surface area contributed by atoms with E-state index in [2.05, 4.69) is 15.0 Å². The topological polar surface area (TPSA) is 90.7 Å². The van der Waals surface area contributed by atoms with E-state index >= 15 is 0 Å². The molecule has 0 fully saturated rings. The van der Waals surface area contributed by atoms with Crippen molar-refractivity contribution in [3.05, 3.63) is 30.5 Å². The summed E-state index contributed by atoms with van der Waals surface area (Å²) in [7, 11) is 0. The number of aromatic nitrogens is 3. The van der Waals surface area contributed by atoms with E-state index < -0.39 is 0 Å². The fourth-order valence-electron chi connectivity index (χ4n) is 1.10. The minimum absolute atomic E-state index is 0.346. The summed E-state index contributed by atoms with van der Waals surface area (Å²) >= 11 is 0. The van der Waals surface area contributed by atoms with Crippen LogP contribution in [0.1, 0.15) is 0 Å². The molecule has 70 valence electrons. The molecule has 0 atom stereocenters. The summed E-state index contributed by atoms with van der Waals surface area (Å²) in [5.41, 5.74) is 11.7. The highest BCUT2D eigenvalue weighted by Gasteiger charge is 2.03. The van der Waals surface area contributed by atoms with Crippen molar-refractivity contribution in [1.29, 1.82) is 0 Å². The fourth-order valence-corrected chi connectivity index (χ4v) is 1.10. The van der Waals surface area contributed by atoms with Crippen LogP contribution in [0.25, 0.3) is 11.5 Å². The van der Waals surface area contributed by atoms with Crippen LogP contribution in [0.5, 0.6) is 0 Å². The van der Waals surface area contributed by atoms with Crippen molar-refractivity contribution in [1.82, 2.24) is 15.0 Å². The quantitative estimate of drug-likeness (QED) is 0.685. The third-order valence-electron chi connectivity index (χ3n) is 1.66. The van der Waals surface area contributed by atoms with E-state index in [-0.39, 0.29) is 0 Å². The molecule has 2 heterocycles. The Balaban J connectivity index is 2.52. The Morgan fingerprint density at radius 3 is 2.29 bits per heavy atom. The number of nitrogens with zero attached hydrogens (tertiary/aromatic N) is 3. The molecule has 0 unspecified atom stereocenters. The average Bonchev–Trinajstić information content (AvgIpc) is 2.18. The van der Waals surface area contributed by atoms with E-state index in [1.165, 1.54) is 6.07 Å². The van der Waals surface area contributed by atoms with E-state index in [1.807, 2.05) is 12.1 Å². The second-order valence-corrected chi connectivity index (χ2v) is 2.76. The maximum absolute atomic E-state index is 5.54. The molecule has 0 amide bonds. The van der Waals surface area contributed by atoms with Crippen molar-refractivity contribution in [2.75, 3.05) is 11.5 Å². The van der Waals surface area contributed by atoms with Crippen LogP contribution in [0.15, 0.2) is 30.5 Å². The summed E-state index contributed by atoms with van der Waals surface area (Å²) < 4.78 is 0. The third-order valence-corrected chi connectivity index (χ3v) is 1.66. The molecular weight excluding hydrogens is 178 g/mol. The molecule has 4 N–H and O–H groups in total. The zero-order valence-corrected chi connectivity index (χ0v) is 7.38. The number of pyridine rings is 1. The lowest BCUT2D eigenvalue weighted by Crippen LogP contribution is -2.00. The molecule has 5 heteroatoms. The second-order valence-electron chi connectivity index (χ2n) is 2.76. The van der Waals surface area contributed by atoms with Gasteiger partial charge in [-0.05, 0) is 12.1 Å². The van der Waals surface area contributed by atoms with Crippen molar-refractivity contribution >= 4 is 11.6 Å². The van der Waals surface area contributed by atoms with E-state index in [9.17, 15) is 0 Å². The highest BCUT2D eigenvalue weighted by atomic mass is 15.0. The third kappa shape index (κ3) is 1.61. The summed E-state index contributed by atoms with van der Waals surface area (Å²) in [5.74, 6) is 1.14. The SMILES string of the molecule is Nc1cc(N)nc(-c2ccccn2)n1. The van der Waals surface area contributed by atoms with Crippen molar-refractivity contribution in [3.63, 3.8) is 0 Å². The maximum atomic E-state index is 5.54. The van der Waals surface area contributed by atoms with Gasteiger partial charge in [-0.1, -0.05) is 6.07 Å². The lowest BCUT2D eigenvalue weighted by atomic mass is 10.3. The first kappa shape index (κ1) is 8.43. The minimum atomic E-state index is 0.346. The van der Waals surface area contributed by atoms with E-state index in [1.54, 1.807) is 12.3 Å². The number of nitrogens with two attached hydrogens (primary N) is 2. The van der Waals surface area contributed by atoms with Crippen LogP contribution < -0.4 is 11.5 Å². The highest BCUT2D eigenvalue weighted by molar-refractivity contribution is 5.55. The molecule has 14 heavy (non-hydrogen) atoms. The van der Waals surface area contributed by atoms with Crippen LogP contribution in [0.4, 0.5) is 11.6 Å². The largest absolute Gasteiger partial charge is 0.384 e. The van der Waals surface area contributed by atoms with Gasteiger partial charge >= 0.3 is 0 Å². The number of hydrogen-bond donors (Lipinski definition) is 2. The number of nitrogen functional groups attached to an aromatic ring is 2. The maximum Gasteiger partial charge on any atom is 0.182 e. The summed E-state index contributed by atoms with van der Waals surface area (Å²) in [4.78, 5) is 12.2. The van der Waals surface area contributed by atoms with Crippen LogP contribution in [-0.4, -0.2) is 15.0 Å². The molecule has 0 aliphatic heterocycles. The normalized spacial score (nSPS) is 10.0. The van der Waals surface area contributed by atoms with Gasteiger partial charge < -0.3 is 11.5 Å². The molecule has 0 aromatic carbocycles. The Labute approximate surface area is 80.8 Å². The van der Waals surface area contributed by atoms with Gasteiger partial charge in [0.25, 0.3) is 0 Å². The van der Waals surface area contributed by atoms with Crippen LogP contribution in [0.3, 0.4) is 0 Å². The Bertz CT molecular complexity index is 420. The fraction of sp³-hybridized carbons (Fsp3) is 0. The van der Waals surface area contributed by atoms with Gasteiger partial charge in [-0.25, -0.2) is 9.97 Å². The monoisotopic (exact) mass is 187 g/mol. The molecule has 2 aromatic rings. The predicted molar refractivity (Wildman–Crippen MR) is 54.1 cm³/mol. The first-order valence-corrected chi connectivity index (χ1v) is 4.07. The Morgan fingerprint density at radius 1 is 1.00 bits per heavy atom. The van der Waals surface area contributed by atoms with Gasteiger partial charge in [0, 0.05) is 12.3 Å². The molecular formula is C9H9N5. The zero-order chi connectivity index (χ0) is 9.97. The minimum Gasteiger partial charge on any atom is -0.384 e. The number of hydrogen-bond acceptors (Lipinski definition) is 5. The zero-order valence-electron chi connectivity index (χ0n) is 7.38. The highest BCUT2D eigenvalue weighted by Crippen LogP contribution is 2.14. The lowest BCUT2D eigenvalue weighted by Gasteiger charge is -2.01. The van der Waals surface area contributed by atoms with Gasteiger partial charge in [-0.3, -0.25) is 4.98 Å². The second kappa shape index (κ2) is 3.29. The summed E-state index contributed by atoms with van der Waals surface area (Å²) in [6.45, 7) is 0. The van der Waals surface area contributed by atoms with Crippen molar-refractivity contribution in [2.45, 2.75) is 0 Å². The van der Waals surface area contributed by atoms with Crippen molar-refractivity contribution < 1.29 is 0 Å². The Morgan fingerprint density at radius 2 is 1.71 bits per heavy atom. The van der Waals surface area contributed by atoms with E-state index in [4.69, 9.17) is 11.5 Å². The van der Waals surface area contributed by atoms with Crippen molar-refractivity contribution in [2.24, 2.45) is 0 Å². The van der Waals surface area contributed by atoms with Gasteiger partial charge in [-0.15, -0.1) is 0 Å². The molecule has 2 aromatic heterocycles. The van der Waals surface area contributed by atoms with E-state index in [0.717, 1.165) is 0 Å². The van der Waals surface area contributed by atoms with Crippen molar-refractivity contribution in [3.8, 4) is 11.5 Å². The summed E-state index contributed by atoms with van der Waals surface area (Å²) in [6.07, 6.45) is 1.66. The van der Waals surface area contributed by atoms with Crippen LogP contribution in [-0.2, 0) is 0 Å². The molecule has 0 bridgehead atoms. The van der Waals surface area contributed by atoms with E-state index in [0.29, 0.717) is 23.2 Å². The summed E-state index contributed by atoms with van der Waals surface area (Å²) in [5, 5.41) is 0. The molecule has 5 nitrogen and oxygen atoms in total. The molecule has 0 saturated heterocycles. The molecule has 0 aliphatic rings. The van der Waals surface area contributed by atoms with Crippen LogP contribution >= 0.6 is 0 Å². The predicted octanol–water partition coefficient (Wildman–Crippen LogP) is 0.703. The number of anilines is 2. The van der Waals surface area contributed by atoms with Gasteiger partial charge in [0.15, 0.2) is 5.82 Å².